The molecule has 188 valence electrons. The predicted molar refractivity (Wildman–Crippen MR) is 141 cm³/mol. The maximum atomic E-state index is 11.8. The van der Waals surface area contributed by atoms with Gasteiger partial charge in [0.05, 0.1) is 18.6 Å². The predicted octanol–water partition coefficient (Wildman–Crippen LogP) is 6.85. The van der Waals surface area contributed by atoms with Crippen LogP contribution in [0.1, 0.15) is 39.7 Å². The van der Waals surface area contributed by atoms with E-state index in [-0.39, 0.29) is 12.6 Å². The van der Waals surface area contributed by atoms with E-state index in [1.54, 1.807) is 6.20 Å². The van der Waals surface area contributed by atoms with Crippen LogP contribution in [-0.4, -0.2) is 36.4 Å². The summed E-state index contributed by atoms with van der Waals surface area (Å²) in [5.74, 6) is 1.09. The number of nitrogens with zero attached hydrogens (tertiary/aromatic N) is 1. The third kappa shape index (κ3) is 6.32. The second-order valence-corrected chi connectivity index (χ2v) is 9.55. The fourth-order valence-corrected chi connectivity index (χ4v) is 3.96. The first-order valence-corrected chi connectivity index (χ1v) is 12.3. The lowest BCUT2D eigenvalue weighted by atomic mass is 9.97. The molecule has 6 nitrogen and oxygen atoms in total. The Labute approximate surface area is 212 Å². The van der Waals surface area contributed by atoms with E-state index in [1.807, 2.05) is 57.2 Å². The van der Waals surface area contributed by atoms with Crippen molar-refractivity contribution in [3.63, 3.8) is 0 Å². The van der Waals surface area contributed by atoms with Crippen molar-refractivity contribution in [2.24, 2.45) is 0 Å². The molecule has 36 heavy (non-hydrogen) atoms. The Bertz CT molecular complexity index is 1290. The Morgan fingerprint density at radius 2 is 1.69 bits per heavy atom. The zero-order valence-electron chi connectivity index (χ0n) is 21.4. The number of hydrogen-bond donors (Lipinski definition) is 0. The molecule has 0 fully saturated rings. The van der Waals surface area contributed by atoms with Gasteiger partial charge in [-0.3, -0.25) is 0 Å². The number of furan rings is 1. The van der Waals surface area contributed by atoms with Crippen LogP contribution in [0.5, 0.6) is 5.75 Å². The molecule has 0 aliphatic heterocycles. The van der Waals surface area contributed by atoms with Gasteiger partial charge in [0.15, 0.2) is 0 Å². The average molecular weight is 488 g/mol. The summed E-state index contributed by atoms with van der Waals surface area (Å²) in [7, 11) is 0. The van der Waals surface area contributed by atoms with E-state index in [2.05, 4.69) is 36.2 Å². The zero-order chi connectivity index (χ0) is 25.5. The molecule has 4 rings (SSSR count). The highest BCUT2D eigenvalue weighted by Gasteiger charge is 2.22. The van der Waals surface area contributed by atoms with Crippen LogP contribution < -0.4 is 4.74 Å². The highest BCUT2D eigenvalue weighted by molar-refractivity contribution is 6.03. The molecular formula is C30H33NO5. The third-order valence-corrected chi connectivity index (χ3v) is 5.57. The molecule has 0 aliphatic rings. The minimum atomic E-state index is -0.520. The van der Waals surface area contributed by atoms with Crippen LogP contribution in [-0.2, 0) is 20.7 Å². The Morgan fingerprint density at radius 1 is 0.944 bits per heavy atom. The first kappa shape index (κ1) is 25.5. The quantitative estimate of drug-likeness (QED) is 0.180. The SMILES string of the molecule is CCc1ccc(-c2c(-c3ccccc3)oc3nccc(OCCCOCC(=O)OC(C)(C)C)c23)cc1. The largest absolute Gasteiger partial charge is 0.493 e. The monoisotopic (exact) mass is 487 g/mol. The molecule has 2 heterocycles. The van der Waals surface area contributed by atoms with Crippen molar-refractivity contribution in [1.82, 2.24) is 4.98 Å². The summed E-state index contributed by atoms with van der Waals surface area (Å²) in [4.78, 5) is 16.3. The van der Waals surface area contributed by atoms with E-state index < -0.39 is 5.60 Å². The van der Waals surface area contributed by atoms with Crippen molar-refractivity contribution < 1.29 is 23.4 Å². The van der Waals surface area contributed by atoms with Gasteiger partial charge in [-0.2, -0.15) is 0 Å². The maximum absolute atomic E-state index is 11.8. The average Bonchev–Trinajstić information content (AvgIpc) is 3.26. The van der Waals surface area contributed by atoms with E-state index in [9.17, 15) is 4.79 Å². The molecule has 0 atom stereocenters. The van der Waals surface area contributed by atoms with Gasteiger partial charge < -0.3 is 18.6 Å². The van der Waals surface area contributed by atoms with E-state index >= 15 is 0 Å². The summed E-state index contributed by atoms with van der Waals surface area (Å²) >= 11 is 0. The van der Waals surface area contributed by atoms with Crippen LogP contribution in [0, 0.1) is 0 Å². The smallest absolute Gasteiger partial charge is 0.332 e. The normalized spacial score (nSPS) is 11.6. The number of hydrogen-bond acceptors (Lipinski definition) is 6. The van der Waals surface area contributed by atoms with Gasteiger partial charge >= 0.3 is 5.97 Å². The second-order valence-electron chi connectivity index (χ2n) is 9.55. The van der Waals surface area contributed by atoms with Crippen LogP contribution in [0.3, 0.4) is 0 Å². The molecule has 6 heteroatoms. The Hall–Kier alpha value is -3.64. The van der Waals surface area contributed by atoms with Crippen molar-refractivity contribution >= 4 is 17.1 Å². The number of fused-ring (bicyclic) bond motifs is 1. The topological polar surface area (TPSA) is 70.8 Å². The molecule has 0 saturated heterocycles. The molecule has 4 aromatic rings. The first-order valence-electron chi connectivity index (χ1n) is 12.3. The standard InChI is InChI=1S/C30H33NO5/c1-5-21-12-14-22(15-13-21)26-27-24(34-19-9-18-33-20-25(32)36-30(2,3)4)16-17-31-29(27)35-28(26)23-10-7-6-8-11-23/h6-8,10-17H,5,9,18-20H2,1-4H3. The summed E-state index contributed by atoms with van der Waals surface area (Å²) < 4.78 is 23.2. The zero-order valence-corrected chi connectivity index (χ0v) is 21.4. The van der Waals surface area contributed by atoms with Crippen LogP contribution in [0.25, 0.3) is 33.6 Å². The molecule has 0 radical (unpaired) electrons. The van der Waals surface area contributed by atoms with E-state index in [4.69, 9.17) is 18.6 Å². The summed E-state index contributed by atoms with van der Waals surface area (Å²) in [5.41, 5.74) is 4.27. The number of esters is 1. The number of ether oxygens (including phenoxy) is 3. The lowest BCUT2D eigenvalue weighted by Gasteiger charge is -2.19. The lowest BCUT2D eigenvalue weighted by Crippen LogP contribution is -2.26. The van der Waals surface area contributed by atoms with Gasteiger partial charge in [-0.05, 0) is 44.4 Å². The van der Waals surface area contributed by atoms with E-state index in [0.717, 1.165) is 34.3 Å². The molecule has 0 saturated carbocycles. The molecular weight excluding hydrogens is 454 g/mol. The number of pyridine rings is 1. The van der Waals surface area contributed by atoms with Gasteiger partial charge in [-0.25, -0.2) is 9.78 Å². The van der Waals surface area contributed by atoms with Gasteiger partial charge in [0.25, 0.3) is 0 Å². The molecule has 2 aromatic heterocycles. The number of carbonyl (C=O) groups excluding carboxylic acids is 1. The van der Waals surface area contributed by atoms with Crippen LogP contribution in [0.4, 0.5) is 0 Å². The minimum Gasteiger partial charge on any atom is -0.493 e. The molecule has 0 amide bonds. The molecule has 0 bridgehead atoms. The molecule has 0 aliphatic carbocycles. The van der Waals surface area contributed by atoms with Crippen molar-refractivity contribution in [3.05, 3.63) is 72.4 Å². The van der Waals surface area contributed by atoms with Crippen LogP contribution in [0.15, 0.2) is 71.3 Å². The Kier molecular flexibility index (Phi) is 8.06. The number of carbonyl (C=O) groups is 1. The fourth-order valence-electron chi connectivity index (χ4n) is 3.96. The summed E-state index contributed by atoms with van der Waals surface area (Å²) in [6.07, 6.45) is 3.29. The Balaban J connectivity index is 1.54. The van der Waals surface area contributed by atoms with Crippen molar-refractivity contribution in [2.75, 3.05) is 19.8 Å². The highest BCUT2D eigenvalue weighted by atomic mass is 16.6. The molecule has 2 aromatic carbocycles. The maximum Gasteiger partial charge on any atom is 0.332 e. The summed E-state index contributed by atoms with van der Waals surface area (Å²) in [6.45, 7) is 8.38. The van der Waals surface area contributed by atoms with Gasteiger partial charge in [0.2, 0.25) is 5.71 Å². The van der Waals surface area contributed by atoms with E-state index in [1.165, 1.54) is 5.56 Å². The fraction of sp³-hybridized carbons (Fsp3) is 0.333. The van der Waals surface area contributed by atoms with Gasteiger partial charge in [-0.1, -0.05) is 61.5 Å². The Morgan fingerprint density at radius 3 is 2.39 bits per heavy atom. The molecule has 0 unspecified atom stereocenters. The highest BCUT2D eigenvalue weighted by Crippen LogP contribution is 2.43. The van der Waals surface area contributed by atoms with Crippen molar-refractivity contribution in [1.29, 1.82) is 0 Å². The van der Waals surface area contributed by atoms with Gasteiger partial charge in [-0.15, -0.1) is 0 Å². The van der Waals surface area contributed by atoms with Gasteiger partial charge in [0, 0.05) is 23.7 Å². The van der Waals surface area contributed by atoms with Crippen LogP contribution in [0.2, 0.25) is 0 Å². The molecule has 0 spiro atoms. The van der Waals surface area contributed by atoms with E-state index in [0.29, 0.717) is 31.1 Å². The second kappa shape index (κ2) is 11.4. The number of rotatable bonds is 10. The van der Waals surface area contributed by atoms with Gasteiger partial charge in [0.1, 0.15) is 23.7 Å². The summed E-state index contributed by atoms with van der Waals surface area (Å²) in [5, 5.41) is 0.843. The summed E-state index contributed by atoms with van der Waals surface area (Å²) in [6, 6.07) is 20.4. The third-order valence-electron chi connectivity index (χ3n) is 5.57. The van der Waals surface area contributed by atoms with Crippen LogP contribution >= 0.6 is 0 Å². The molecule has 0 N–H and O–H groups in total. The number of aromatic nitrogens is 1. The number of aryl methyl sites for hydroxylation is 1. The first-order chi connectivity index (χ1) is 17.4. The van der Waals surface area contributed by atoms with Crippen molar-refractivity contribution in [3.8, 4) is 28.2 Å². The lowest BCUT2D eigenvalue weighted by molar-refractivity contribution is -0.160. The van der Waals surface area contributed by atoms with Crippen molar-refractivity contribution in [2.45, 2.75) is 46.1 Å². The minimum absolute atomic E-state index is 0.0726. The number of benzene rings is 2.